The number of fused-ring (bicyclic) bond motifs is 1. The molecule has 0 aliphatic rings. The minimum Gasteiger partial charge on any atom is -0.507 e. The number of nitrogens with zero attached hydrogens (tertiary/aromatic N) is 1. The average molecular weight is 308 g/mol. The predicted molar refractivity (Wildman–Crippen MR) is 86.7 cm³/mol. The van der Waals surface area contributed by atoms with E-state index in [1.807, 2.05) is 35.0 Å². The zero-order chi connectivity index (χ0) is 15.5. The molecular formula is C17H12N2O2S. The predicted octanol–water partition coefficient (Wildman–Crippen LogP) is 3.95. The van der Waals surface area contributed by atoms with Crippen LogP contribution in [0.15, 0.2) is 53.2 Å². The van der Waals surface area contributed by atoms with Crippen molar-refractivity contribution in [3.8, 4) is 5.75 Å². The molecule has 0 aliphatic heterocycles. The van der Waals surface area contributed by atoms with Gasteiger partial charge in [0.25, 0.3) is 5.91 Å². The standard InChI is InChI=1S/C17H12N2O2S/c1-18-16(13-6-7-22-10-13)19-17(21)14-8-11-4-2-3-5-12(11)9-15(14)20/h2-10,16,20H,(H,19,21). The van der Waals surface area contributed by atoms with E-state index in [2.05, 4.69) is 10.2 Å². The van der Waals surface area contributed by atoms with Crippen molar-refractivity contribution in [1.29, 1.82) is 0 Å². The van der Waals surface area contributed by atoms with Gasteiger partial charge in [-0.25, -0.2) is 6.57 Å². The average Bonchev–Trinajstić information content (AvgIpc) is 3.06. The third-order valence-electron chi connectivity index (χ3n) is 3.36. The number of carbonyl (C=O) groups excluding carboxylic acids is 1. The Kier molecular flexibility index (Phi) is 3.77. The van der Waals surface area contributed by atoms with Crippen molar-refractivity contribution >= 4 is 28.0 Å². The number of benzene rings is 2. The Morgan fingerprint density at radius 1 is 1.23 bits per heavy atom. The molecule has 4 nitrogen and oxygen atoms in total. The molecule has 5 heteroatoms. The molecule has 0 radical (unpaired) electrons. The highest BCUT2D eigenvalue weighted by atomic mass is 32.1. The van der Waals surface area contributed by atoms with E-state index in [0.717, 1.165) is 16.3 Å². The summed E-state index contributed by atoms with van der Waals surface area (Å²) >= 11 is 1.47. The molecule has 2 aromatic carbocycles. The quantitative estimate of drug-likeness (QED) is 0.720. The van der Waals surface area contributed by atoms with Crippen molar-refractivity contribution in [2.45, 2.75) is 6.17 Å². The van der Waals surface area contributed by atoms with E-state index in [4.69, 9.17) is 6.57 Å². The van der Waals surface area contributed by atoms with Gasteiger partial charge in [-0.2, -0.15) is 11.3 Å². The number of amides is 1. The molecule has 1 atom stereocenters. The van der Waals surface area contributed by atoms with Crippen LogP contribution in [0.5, 0.6) is 5.75 Å². The van der Waals surface area contributed by atoms with Crippen LogP contribution in [0.2, 0.25) is 0 Å². The summed E-state index contributed by atoms with van der Waals surface area (Å²) in [7, 11) is 0. The third-order valence-corrected chi connectivity index (χ3v) is 4.07. The Labute approximate surface area is 131 Å². The topological polar surface area (TPSA) is 53.7 Å². The number of hydrogen-bond donors (Lipinski definition) is 2. The van der Waals surface area contributed by atoms with E-state index in [1.165, 1.54) is 11.3 Å². The largest absolute Gasteiger partial charge is 0.507 e. The van der Waals surface area contributed by atoms with Crippen LogP contribution in [0.4, 0.5) is 0 Å². The van der Waals surface area contributed by atoms with Gasteiger partial charge in [0.2, 0.25) is 0 Å². The Morgan fingerprint density at radius 2 is 1.95 bits per heavy atom. The molecule has 0 spiro atoms. The fourth-order valence-corrected chi connectivity index (χ4v) is 2.91. The Balaban J connectivity index is 1.92. The molecule has 3 rings (SSSR count). The maximum atomic E-state index is 12.4. The lowest BCUT2D eigenvalue weighted by Gasteiger charge is -2.09. The highest BCUT2D eigenvalue weighted by molar-refractivity contribution is 7.08. The Morgan fingerprint density at radius 3 is 2.59 bits per heavy atom. The lowest BCUT2D eigenvalue weighted by molar-refractivity contribution is 0.0941. The molecule has 1 heterocycles. The van der Waals surface area contributed by atoms with Gasteiger partial charge in [0.15, 0.2) is 0 Å². The summed E-state index contributed by atoms with van der Waals surface area (Å²) in [5.41, 5.74) is 0.913. The normalized spacial score (nSPS) is 11.8. The minimum atomic E-state index is -0.746. The first-order chi connectivity index (χ1) is 10.7. The van der Waals surface area contributed by atoms with Gasteiger partial charge >= 0.3 is 6.17 Å². The maximum Gasteiger partial charge on any atom is 0.325 e. The van der Waals surface area contributed by atoms with Gasteiger partial charge in [-0.05, 0) is 34.4 Å². The number of rotatable bonds is 3. The summed E-state index contributed by atoms with van der Waals surface area (Å²) < 4.78 is 0. The van der Waals surface area contributed by atoms with E-state index < -0.39 is 12.1 Å². The molecule has 1 unspecified atom stereocenters. The van der Waals surface area contributed by atoms with E-state index in [-0.39, 0.29) is 11.3 Å². The molecule has 1 amide bonds. The molecule has 0 fully saturated rings. The number of hydrogen-bond acceptors (Lipinski definition) is 3. The molecule has 0 bridgehead atoms. The number of nitrogens with one attached hydrogen (secondary N) is 1. The molecular weight excluding hydrogens is 296 g/mol. The van der Waals surface area contributed by atoms with Crippen LogP contribution in [0.1, 0.15) is 22.1 Å². The van der Waals surface area contributed by atoms with E-state index in [9.17, 15) is 9.90 Å². The summed E-state index contributed by atoms with van der Waals surface area (Å²) in [6.07, 6.45) is -0.746. The maximum absolute atomic E-state index is 12.4. The highest BCUT2D eigenvalue weighted by Gasteiger charge is 2.21. The zero-order valence-corrected chi connectivity index (χ0v) is 12.3. The smallest absolute Gasteiger partial charge is 0.325 e. The molecule has 0 saturated heterocycles. The van der Waals surface area contributed by atoms with Gasteiger partial charge in [-0.1, -0.05) is 24.3 Å². The molecule has 22 heavy (non-hydrogen) atoms. The second kappa shape index (κ2) is 5.88. The molecule has 0 aliphatic carbocycles. The number of phenols is 1. The van der Waals surface area contributed by atoms with E-state index in [1.54, 1.807) is 18.2 Å². The van der Waals surface area contributed by atoms with E-state index >= 15 is 0 Å². The van der Waals surface area contributed by atoms with Crippen LogP contribution in [-0.4, -0.2) is 11.0 Å². The van der Waals surface area contributed by atoms with Crippen molar-refractivity contribution < 1.29 is 9.90 Å². The van der Waals surface area contributed by atoms with Gasteiger partial charge in [0.05, 0.1) is 11.1 Å². The van der Waals surface area contributed by atoms with Gasteiger partial charge in [0, 0.05) is 5.38 Å². The van der Waals surface area contributed by atoms with Crippen LogP contribution >= 0.6 is 11.3 Å². The summed E-state index contributed by atoms with van der Waals surface area (Å²) in [6, 6.07) is 12.5. The summed E-state index contributed by atoms with van der Waals surface area (Å²) in [4.78, 5) is 15.8. The van der Waals surface area contributed by atoms with Crippen molar-refractivity contribution in [1.82, 2.24) is 5.32 Å². The first kappa shape index (κ1) is 14.1. The SMILES string of the molecule is [C-]#[N+]C(NC(=O)c1cc2ccccc2cc1O)c1ccsc1. The number of phenolic OH excluding ortho intramolecular Hbond substituents is 1. The zero-order valence-electron chi connectivity index (χ0n) is 11.5. The Bertz CT molecular complexity index is 866. The first-order valence-corrected chi connectivity index (χ1v) is 7.54. The second-order valence-corrected chi connectivity index (χ2v) is 5.56. The van der Waals surface area contributed by atoms with Crippen LogP contribution in [-0.2, 0) is 0 Å². The lowest BCUT2D eigenvalue weighted by atomic mass is 10.1. The fraction of sp³-hybridized carbons (Fsp3) is 0.0588. The third kappa shape index (κ3) is 2.65. The number of aromatic hydroxyl groups is 1. The van der Waals surface area contributed by atoms with Gasteiger partial charge < -0.3 is 5.11 Å². The van der Waals surface area contributed by atoms with Crippen LogP contribution in [0, 0.1) is 6.57 Å². The summed E-state index contributed by atoms with van der Waals surface area (Å²) in [5, 5.41) is 18.1. The highest BCUT2D eigenvalue weighted by Crippen LogP contribution is 2.26. The molecule has 1 aromatic heterocycles. The number of carbonyl (C=O) groups is 1. The van der Waals surface area contributed by atoms with Gasteiger partial charge in [-0.3, -0.25) is 15.0 Å². The van der Waals surface area contributed by atoms with Crippen LogP contribution in [0.25, 0.3) is 15.6 Å². The molecule has 2 N–H and O–H groups in total. The minimum absolute atomic E-state index is 0.0924. The monoisotopic (exact) mass is 308 g/mol. The van der Waals surface area contributed by atoms with Crippen LogP contribution in [0.3, 0.4) is 0 Å². The van der Waals surface area contributed by atoms with Crippen molar-refractivity contribution in [3.63, 3.8) is 0 Å². The fourth-order valence-electron chi connectivity index (χ4n) is 2.23. The van der Waals surface area contributed by atoms with Gasteiger partial charge in [-0.15, -0.1) is 0 Å². The van der Waals surface area contributed by atoms with Crippen LogP contribution < -0.4 is 5.32 Å². The Hall–Kier alpha value is -2.84. The van der Waals surface area contributed by atoms with Crippen molar-refractivity contribution in [3.05, 3.63) is 75.8 Å². The lowest BCUT2D eigenvalue weighted by Crippen LogP contribution is -2.26. The van der Waals surface area contributed by atoms with Crippen molar-refractivity contribution in [2.24, 2.45) is 0 Å². The van der Waals surface area contributed by atoms with Crippen molar-refractivity contribution in [2.75, 3.05) is 0 Å². The molecule has 0 saturated carbocycles. The number of thiophene rings is 1. The summed E-state index contributed by atoms with van der Waals surface area (Å²) in [6.45, 7) is 7.23. The van der Waals surface area contributed by atoms with Gasteiger partial charge in [0.1, 0.15) is 5.75 Å². The second-order valence-electron chi connectivity index (χ2n) is 4.78. The first-order valence-electron chi connectivity index (χ1n) is 6.60. The summed E-state index contributed by atoms with van der Waals surface area (Å²) in [5.74, 6) is -0.555. The molecule has 108 valence electrons. The molecule has 3 aromatic rings. The van der Waals surface area contributed by atoms with E-state index in [0.29, 0.717) is 0 Å².